The molecule has 3 aliphatic carbocycles. The summed E-state index contributed by atoms with van der Waals surface area (Å²) in [4.78, 5) is 54.9. The number of rotatable bonds is 10. The number of aliphatic hydroxyl groups is 4. The van der Waals surface area contributed by atoms with Crippen LogP contribution >= 0.6 is 0 Å². The van der Waals surface area contributed by atoms with Crippen LogP contribution in [0.4, 0.5) is 0 Å². The number of hydrogen-bond donors (Lipinski definition) is 4. The number of ketones is 1. The third kappa shape index (κ3) is 6.27. The normalized spacial score (nSPS) is 35.3. The van der Waals surface area contributed by atoms with Gasteiger partial charge in [0, 0.05) is 38.0 Å². The van der Waals surface area contributed by atoms with Gasteiger partial charge in [-0.2, -0.15) is 0 Å². The van der Waals surface area contributed by atoms with E-state index in [-0.39, 0.29) is 17.6 Å². The van der Waals surface area contributed by atoms with Crippen molar-refractivity contribution in [3.8, 4) is 0 Å². The number of fused-ring (bicyclic) bond motifs is 3. The Kier molecular flexibility index (Phi) is 11.3. The Hall–Kier alpha value is -2.94. The third-order valence-electron chi connectivity index (χ3n) is 12.2. The van der Waals surface area contributed by atoms with Gasteiger partial charge in [0.1, 0.15) is 23.4 Å². The zero-order valence-electron chi connectivity index (χ0n) is 30.6. The first-order valence-corrected chi connectivity index (χ1v) is 20.0. The van der Waals surface area contributed by atoms with E-state index in [1.807, 2.05) is 20.8 Å². The number of aliphatic hydroxyl groups excluding tert-OH is 2. The quantitative estimate of drug-likeness (QED) is 0.119. The third-order valence-corrected chi connectivity index (χ3v) is 16.9. The zero-order valence-corrected chi connectivity index (χ0v) is 31.6. The van der Waals surface area contributed by atoms with Crippen LogP contribution in [-0.2, 0) is 33.0 Å². The van der Waals surface area contributed by atoms with E-state index in [4.69, 9.17) is 18.6 Å². The van der Waals surface area contributed by atoms with E-state index in [2.05, 4.69) is 0 Å². The first-order chi connectivity index (χ1) is 23.2. The van der Waals surface area contributed by atoms with Crippen molar-refractivity contribution in [1.82, 2.24) is 0 Å². The van der Waals surface area contributed by atoms with Crippen molar-refractivity contribution in [2.75, 3.05) is 6.61 Å². The number of ether oxygens (including phenoxy) is 3. The lowest BCUT2D eigenvalue weighted by atomic mass is 9.45. The van der Waals surface area contributed by atoms with Crippen molar-refractivity contribution < 1.29 is 58.2 Å². The summed E-state index contributed by atoms with van der Waals surface area (Å²) in [5, 5.41) is 48.6. The van der Waals surface area contributed by atoms with Gasteiger partial charge < -0.3 is 39.1 Å². The van der Waals surface area contributed by atoms with Gasteiger partial charge in [0.05, 0.1) is 29.8 Å². The van der Waals surface area contributed by atoms with Crippen LogP contribution in [0.1, 0.15) is 85.5 Å². The van der Waals surface area contributed by atoms with Crippen molar-refractivity contribution in [1.29, 1.82) is 0 Å². The van der Waals surface area contributed by atoms with E-state index in [0.29, 0.717) is 23.7 Å². The molecule has 0 radical (unpaired) electrons. The smallest absolute Gasteiger partial charge is 0.338 e. The summed E-state index contributed by atoms with van der Waals surface area (Å²) in [6.07, 6.45) is -8.15. The van der Waals surface area contributed by atoms with Gasteiger partial charge in [-0.25, -0.2) is 4.79 Å². The molecule has 4 rings (SSSR count). The van der Waals surface area contributed by atoms with Gasteiger partial charge in [-0.05, 0) is 55.3 Å². The van der Waals surface area contributed by atoms with Gasteiger partial charge in [-0.3, -0.25) is 14.4 Å². The maximum Gasteiger partial charge on any atom is 0.338 e. The number of hydrogen-bond acceptors (Lipinski definition) is 12. The summed E-state index contributed by atoms with van der Waals surface area (Å²) in [5.74, 6) is -4.95. The standard InChI is InChI=1S/C37H54O12Si/c1-10-50(11-2,12-3)49-26-18-27(46-22(5)39)36(44,20-38)30-32(48-33(43)24-16-14-13-15-17-24)37(45)19-25(41)21(4)28(34(37,7)8)29(47-23(6)40)31(42)35(26,30)9/h13-17,25-27,29-30,32,38,41,44-45H,10-12,18-20H2,1-9H3/t25-,26?,27-,29+,30?,32-,35+,36-,37+/m0/s1. The lowest BCUT2D eigenvalue weighted by molar-refractivity contribution is -0.286. The molecular weight excluding hydrogens is 664 g/mol. The van der Waals surface area contributed by atoms with E-state index in [9.17, 15) is 34.8 Å². The minimum absolute atomic E-state index is 0.104. The molecule has 9 atom stereocenters. The van der Waals surface area contributed by atoms with Gasteiger partial charge in [-0.1, -0.05) is 52.8 Å². The molecule has 3 aliphatic rings. The maximum absolute atomic E-state index is 15.5. The van der Waals surface area contributed by atoms with Crippen molar-refractivity contribution >= 4 is 32.0 Å². The largest absolute Gasteiger partial charge is 0.459 e. The van der Waals surface area contributed by atoms with Crippen molar-refractivity contribution in [3.63, 3.8) is 0 Å². The van der Waals surface area contributed by atoms with Crippen LogP contribution in [0.2, 0.25) is 18.1 Å². The van der Waals surface area contributed by atoms with Crippen LogP contribution in [0, 0.1) is 16.7 Å². The van der Waals surface area contributed by atoms with Gasteiger partial charge in [0.2, 0.25) is 0 Å². The fourth-order valence-corrected chi connectivity index (χ4v) is 11.9. The highest BCUT2D eigenvalue weighted by atomic mass is 28.4. The van der Waals surface area contributed by atoms with Gasteiger partial charge in [-0.15, -0.1) is 0 Å². The topological polar surface area (TPSA) is 186 Å². The number of carbonyl (C=O) groups is 4. The Labute approximate surface area is 295 Å². The second-order valence-corrected chi connectivity index (χ2v) is 19.7. The van der Waals surface area contributed by atoms with E-state index in [0.717, 1.165) is 13.8 Å². The summed E-state index contributed by atoms with van der Waals surface area (Å²) in [6.45, 7) is 13.5. The fraction of sp³-hybridized carbons (Fsp3) is 0.676. The lowest BCUT2D eigenvalue weighted by Gasteiger charge is -2.65. The number of esters is 3. The minimum atomic E-state index is -2.64. The molecular formula is C37H54O12Si. The van der Waals surface area contributed by atoms with Crippen molar-refractivity contribution in [3.05, 3.63) is 47.0 Å². The van der Waals surface area contributed by atoms with E-state index < -0.39 is 104 Å². The molecule has 12 nitrogen and oxygen atoms in total. The molecule has 0 saturated heterocycles. The molecule has 0 aromatic heterocycles. The first kappa shape index (κ1) is 39.8. The molecule has 0 heterocycles. The highest BCUT2D eigenvalue weighted by Gasteiger charge is 2.75. The molecule has 13 heteroatoms. The molecule has 0 amide bonds. The summed E-state index contributed by atoms with van der Waals surface area (Å²) >= 11 is 0. The van der Waals surface area contributed by atoms with E-state index in [1.165, 1.54) is 19.1 Å². The number of carbonyl (C=O) groups excluding carboxylic acids is 4. The number of benzene rings is 1. The summed E-state index contributed by atoms with van der Waals surface area (Å²) in [6, 6.07) is 9.91. The van der Waals surface area contributed by atoms with E-state index >= 15 is 4.79 Å². The molecule has 1 aromatic carbocycles. The molecule has 2 unspecified atom stereocenters. The SMILES string of the molecule is CC[Si](CC)(CC)OC1C[C@H](OC(C)=O)[C@@](O)(CO)C2[C@H](OC(=O)c3ccccc3)[C@]3(O)C[C@H](O)C(C)=C([C@@H](OC(C)=O)C(=O)[C@]12C)C3(C)C. The second kappa shape index (κ2) is 14.2. The average molecular weight is 719 g/mol. The Bertz CT molecular complexity index is 1500. The molecule has 0 spiro atoms. The average Bonchev–Trinajstić information content (AvgIpc) is 3.06. The molecule has 0 aliphatic heterocycles. The molecule has 278 valence electrons. The fourth-order valence-electron chi connectivity index (χ4n) is 8.98. The Morgan fingerprint density at radius 1 is 0.900 bits per heavy atom. The van der Waals surface area contributed by atoms with Gasteiger partial charge in [0.25, 0.3) is 0 Å². The molecule has 50 heavy (non-hydrogen) atoms. The second-order valence-electron chi connectivity index (χ2n) is 15.0. The number of Topliss-reactive ketones (excluding diaryl/α,β-unsaturated/α-hetero) is 1. The Morgan fingerprint density at radius 3 is 1.96 bits per heavy atom. The molecule has 1 aromatic rings. The van der Waals surface area contributed by atoms with Crippen molar-refractivity contribution in [2.45, 2.75) is 135 Å². The minimum Gasteiger partial charge on any atom is -0.459 e. The van der Waals surface area contributed by atoms with Crippen LogP contribution < -0.4 is 0 Å². The maximum atomic E-state index is 15.5. The summed E-state index contributed by atoms with van der Waals surface area (Å²) in [7, 11) is -2.64. The van der Waals surface area contributed by atoms with Crippen LogP contribution in [0.15, 0.2) is 41.5 Å². The van der Waals surface area contributed by atoms with Crippen LogP contribution in [0.5, 0.6) is 0 Å². The predicted molar refractivity (Wildman–Crippen MR) is 184 cm³/mol. The summed E-state index contributed by atoms with van der Waals surface area (Å²) in [5.41, 5.74) is -7.74. The molecule has 2 fully saturated rings. The Balaban J connectivity index is 2.18. The zero-order chi connectivity index (χ0) is 37.6. The first-order valence-electron chi connectivity index (χ1n) is 17.5. The Morgan fingerprint density at radius 2 is 1.46 bits per heavy atom. The van der Waals surface area contributed by atoms with Crippen LogP contribution in [0.25, 0.3) is 0 Å². The van der Waals surface area contributed by atoms with Crippen LogP contribution in [-0.4, -0.2) is 101 Å². The molecule has 4 N–H and O–H groups in total. The van der Waals surface area contributed by atoms with Gasteiger partial charge >= 0.3 is 17.9 Å². The predicted octanol–water partition coefficient (Wildman–Crippen LogP) is 3.64. The molecule has 2 bridgehead atoms. The highest BCUT2D eigenvalue weighted by Crippen LogP contribution is 2.62. The van der Waals surface area contributed by atoms with E-state index in [1.54, 1.807) is 39.0 Å². The lowest BCUT2D eigenvalue weighted by Crippen LogP contribution is -2.78. The van der Waals surface area contributed by atoms with Gasteiger partial charge in [0.15, 0.2) is 20.2 Å². The van der Waals surface area contributed by atoms with Crippen LogP contribution in [0.3, 0.4) is 0 Å². The molecule has 2 saturated carbocycles. The summed E-state index contributed by atoms with van der Waals surface area (Å²) < 4.78 is 24.9. The van der Waals surface area contributed by atoms with Crippen molar-refractivity contribution in [2.24, 2.45) is 16.7 Å². The highest BCUT2D eigenvalue weighted by molar-refractivity contribution is 6.73. The monoisotopic (exact) mass is 718 g/mol.